The molecule has 2 heterocycles. The van der Waals surface area contributed by atoms with Gasteiger partial charge in [-0.25, -0.2) is 4.68 Å². The summed E-state index contributed by atoms with van der Waals surface area (Å²) in [6, 6.07) is 20.8. The first-order valence-electron chi connectivity index (χ1n) is 9.93. The number of anilines is 1. The first kappa shape index (κ1) is 18.6. The Morgan fingerprint density at radius 3 is 2.29 bits per heavy atom. The Labute approximate surface area is 165 Å². The summed E-state index contributed by atoms with van der Waals surface area (Å²) < 4.78 is 1.90. The van der Waals surface area contributed by atoms with E-state index in [0.717, 1.165) is 38.3 Å². The van der Waals surface area contributed by atoms with Gasteiger partial charge in [0.25, 0.3) is 0 Å². The van der Waals surface area contributed by atoms with Crippen LogP contribution in [-0.4, -0.2) is 45.0 Å². The lowest BCUT2D eigenvalue weighted by Gasteiger charge is -2.41. The van der Waals surface area contributed by atoms with Gasteiger partial charge in [-0.2, -0.15) is 0 Å². The molecule has 1 aromatic heterocycles. The molecule has 6 nitrogen and oxygen atoms in total. The molecule has 0 saturated carbocycles. The summed E-state index contributed by atoms with van der Waals surface area (Å²) in [5.41, 5.74) is 2.40. The minimum Gasteiger partial charge on any atom is -0.396 e. The van der Waals surface area contributed by atoms with Crippen LogP contribution >= 0.6 is 0 Å². The molecule has 146 valence electrons. The van der Waals surface area contributed by atoms with Crippen molar-refractivity contribution >= 4 is 5.95 Å². The molecule has 0 radical (unpaired) electrons. The minimum absolute atomic E-state index is 0.0683. The van der Waals surface area contributed by atoms with Crippen molar-refractivity contribution in [2.45, 2.75) is 32.2 Å². The predicted molar refractivity (Wildman–Crippen MR) is 109 cm³/mol. The molecule has 1 saturated heterocycles. The normalized spacial score (nSPS) is 17.4. The van der Waals surface area contributed by atoms with E-state index in [-0.39, 0.29) is 18.1 Å². The number of nitrogens with zero attached hydrogens (tertiary/aromatic N) is 5. The third-order valence-electron chi connectivity index (χ3n) is 5.99. The number of hydrogen-bond acceptors (Lipinski definition) is 5. The van der Waals surface area contributed by atoms with Crippen LogP contribution in [0.25, 0.3) is 0 Å². The van der Waals surface area contributed by atoms with Crippen LogP contribution in [0.15, 0.2) is 60.7 Å². The van der Waals surface area contributed by atoms with Crippen LogP contribution in [0.4, 0.5) is 5.95 Å². The molecule has 1 aliphatic heterocycles. The van der Waals surface area contributed by atoms with Gasteiger partial charge in [0.2, 0.25) is 5.95 Å². The standard InChI is InChI=1S/C22H27N5O/c1-18(20-10-6-3-7-11-20)27-21(23-24-25-27)26-14-12-22(17-28,13-15-26)16-19-8-4-2-5-9-19/h2-11,18,28H,12-17H2,1H3/t18-/m1/s1. The molecule has 4 rings (SSSR count). The summed E-state index contributed by atoms with van der Waals surface area (Å²) in [6.07, 6.45) is 2.75. The quantitative estimate of drug-likeness (QED) is 0.715. The van der Waals surface area contributed by atoms with E-state index in [0.29, 0.717) is 0 Å². The third kappa shape index (κ3) is 3.78. The number of rotatable bonds is 6. The maximum Gasteiger partial charge on any atom is 0.246 e. The molecular formula is C22H27N5O. The number of hydrogen-bond donors (Lipinski definition) is 1. The number of aliphatic hydroxyl groups is 1. The van der Waals surface area contributed by atoms with Crippen LogP contribution in [0.2, 0.25) is 0 Å². The lowest BCUT2D eigenvalue weighted by atomic mass is 9.74. The number of aromatic nitrogens is 4. The molecule has 1 N–H and O–H groups in total. The molecule has 28 heavy (non-hydrogen) atoms. The van der Waals surface area contributed by atoms with E-state index in [4.69, 9.17) is 0 Å². The summed E-state index contributed by atoms with van der Waals surface area (Å²) in [5, 5.41) is 22.7. The third-order valence-corrected chi connectivity index (χ3v) is 5.99. The predicted octanol–water partition coefficient (Wildman–Crippen LogP) is 3.10. The molecule has 3 aromatic rings. The van der Waals surface area contributed by atoms with Gasteiger partial charge in [-0.05, 0) is 47.7 Å². The van der Waals surface area contributed by atoms with Gasteiger partial charge < -0.3 is 10.0 Å². The highest BCUT2D eigenvalue weighted by Gasteiger charge is 2.36. The Kier molecular flexibility index (Phi) is 5.39. The molecule has 1 atom stereocenters. The smallest absolute Gasteiger partial charge is 0.246 e. The van der Waals surface area contributed by atoms with Gasteiger partial charge in [-0.1, -0.05) is 65.8 Å². The Balaban J connectivity index is 1.48. The molecule has 0 bridgehead atoms. The van der Waals surface area contributed by atoms with Crippen molar-refractivity contribution in [1.29, 1.82) is 0 Å². The maximum atomic E-state index is 10.1. The van der Waals surface area contributed by atoms with Crippen LogP contribution in [-0.2, 0) is 6.42 Å². The molecule has 1 fully saturated rings. The average Bonchev–Trinajstić information content (AvgIpc) is 3.25. The SMILES string of the molecule is C[C@H](c1ccccc1)n1nnnc1N1CCC(CO)(Cc2ccccc2)CC1. The van der Waals surface area contributed by atoms with Crippen LogP contribution in [0.5, 0.6) is 0 Å². The fourth-order valence-electron chi connectivity index (χ4n) is 4.12. The van der Waals surface area contributed by atoms with Crippen molar-refractivity contribution in [3.05, 3.63) is 71.8 Å². The van der Waals surface area contributed by atoms with E-state index in [1.54, 1.807) is 0 Å². The number of piperidine rings is 1. The van der Waals surface area contributed by atoms with E-state index in [2.05, 4.69) is 63.7 Å². The van der Waals surface area contributed by atoms with Crippen molar-refractivity contribution in [2.75, 3.05) is 24.6 Å². The highest BCUT2D eigenvalue weighted by Crippen LogP contribution is 2.36. The molecule has 0 spiro atoms. The summed E-state index contributed by atoms with van der Waals surface area (Å²) in [6.45, 7) is 4.01. The molecule has 0 aliphatic carbocycles. The van der Waals surface area contributed by atoms with Crippen LogP contribution in [0.3, 0.4) is 0 Å². The van der Waals surface area contributed by atoms with Crippen molar-refractivity contribution < 1.29 is 5.11 Å². The highest BCUT2D eigenvalue weighted by atomic mass is 16.3. The zero-order valence-electron chi connectivity index (χ0n) is 16.3. The van der Waals surface area contributed by atoms with Gasteiger partial charge in [0.05, 0.1) is 6.04 Å². The first-order valence-corrected chi connectivity index (χ1v) is 9.93. The Hall–Kier alpha value is -2.73. The monoisotopic (exact) mass is 377 g/mol. The fourth-order valence-corrected chi connectivity index (χ4v) is 4.12. The van der Waals surface area contributed by atoms with Crippen LogP contribution < -0.4 is 4.90 Å². The summed E-state index contributed by atoms with van der Waals surface area (Å²) in [4.78, 5) is 2.25. The zero-order chi connectivity index (χ0) is 19.4. The van der Waals surface area contributed by atoms with E-state index in [1.807, 2.05) is 28.9 Å². The topological polar surface area (TPSA) is 67.1 Å². The Morgan fingerprint density at radius 1 is 1.00 bits per heavy atom. The van der Waals surface area contributed by atoms with Gasteiger partial charge in [-0.3, -0.25) is 0 Å². The maximum absolute atomic E-state index is 10.1. The summed E-state index contributed by atoms with van der Waals surface area (Å²) in [7, 11) is 0. The van der Waals surface area contributed by atoms with Gasteiger partial charge in [-0.15, -0.1) is 0 Å². The summed E-state index contributed by atoms with van der Waals surface area (Å²) >= 11 is 0. The molecular weight excluding hydrogens is 350 g/mol. The Morgan fingerprint density at radius 2 is 1.64 bits per heavy atom. The molecule has 2 aromatic carbocycles. The number of benzene rings is 2. The first-order chi connectivity index (χ1) is 13.7. The van der Waals surface area contributed by atoms with Crippen LogP contribution in [0.1, 0.15) is 36.9 Å². The lowest BCUT2D eigenvalue weighted by molar-refractivity contribution is 0.0957. The average molecular weight is 377 g/mol. The highest BCUT2D eigenvalue weighted by molar-refractivity contribution is 5.32. The largest absolute Gasteiger partial charge is 0.396 e. The molecule has 0 amide bonds. The number of tetrazole rings is 1. The van der Waals surface area contributed by atoms with Crippen LogP contribution in [0, 0.1) is 5.41 Å². The van der Waals surface area contributed by atoms with Gasteiger partial charge in [0.15, 0.2) is 0 Å². The molecule has 6 heteroatoms. The Bertz CT molecular complexity index is 872. The van der Waals surface area contributed by atoms with E-state index >= 15 is 0 Å². The number of aliphatic hydroxyl groups excluding tert-OH is 1. The van der Waals surface area contributed by atoms with Crippen molar-refractivity contribution in [3.8, 4) is 0 Å². The fraction of sp³-hybridized carbons (Fsp3) is 0.409. The molecule has 1 aliphatic rings. The second kappa shape index (κ2) is 8.10. The van der Waals surface area contributed by atoms with Gasteiger partial charge in [0.1, 0.15) is 0 Å². The molecule has 0 unspecified atom stereocenters. The van der Waals surface area contributed by atoms with Crippen molar-refractivity contribution in [1.82, 2.24) is 20.2 Å². The van der Waals surface area contributed by atoms with Gasteiger partial charge in [0, 0.05) is 25.1 Å². The second-order valence-electron chi connectivity index (χ2n) is 7.82. The van der Waals surface area contributed by atoms with Crippen molar-refractivity contribution in [2.24, 2.45) is 5.41 Å². The van der Waals surface area contributed by atoms with E-state index in [1.165, 1.54) is 11.1 Å². The van der Waals surface area contributed by atoms with Gasteiger partial charge >= 0.3 is 0 Å². The van der Waals surface area contributed by atoms with Crippen molar-refractivity contribution in [3.63, 3.8) is 0 Å². The van der Waals surface area contributed by atoms with E-state index < -0.39 is 0 Å². The summed E-state index contributed by atoms with van der Waals surface area (Å²) in [5.74, 6) is 0.808. The second-order valence-corrected chi connectivity index (χ2v) is 7.82. The minimum atomic E-state index is -0.0683. The van der Waals surface area contributed by atoms with E-state index in [9.17, 15) is 5.11 Å². The lowest BCUT2D eigenvalue weighted by Crippen LogP contribution is -2.44. The zero-order valence-corrected chi connectivity index (χ0v) is 16.3.